The molecule has 6 nitrogen and oxygen atoms in total. The monoisotopic (exact) mass is 295 g/mol. The Hall–Kier alpha value is -2.89. The van der Waals surface area contributed by atoms with Gasteiger partial charge in [-0.1, -0.05) is 0 Å². The Kier molecular flexibility index (Phi) is 4.00. The summed E-state index contributed by atoms with van der Waals surface area (Å²) in [6.07, 6.45) is 8.92. The molecule has 0 fully saturated rings. The molecule has 1 amide bonds. The van der Waals surface area contributed by atoms with Crippen molar-refractivity contribution in [2.24, 2.45) is 0 Å². The standard InChI is InChI=1S/C16H17N5O/c1-13(11-20-10-8-17-12-20)19-16(22)14-3-5-15(6-4-14)21-9-2-7-18-21/h2-10,12-13H,11H2,1H3,(H,19,22)/t13-/m1/s1. The van der Waals surface area contributed by atoms with Crippen LogP contribution in [0.2, 0.25) is 0 Å². The third-order valence-corrected chi connectivity index (χ3v) is 3.32. The van der Waals surface area contributed by atoms with Crippen molar-refractivity contribution in [3.8, 4) is 5.69 Å². The SMILES string of the molecule is C[C@H](Cn1ccnc1)NC(=O)c1ccc(-n2cccn2)cc1. The van der Waals surface area contributed by atoms with Gasteiger partial charge in [-0.15, -0.1) is 0 Å². The van der Waals surface area contributed by atoms with Crippen LogP contribution in [0.5, 0.6) is 0 Å². The molecule has 0 bridgehead atoms. The van der Waals surface area contributed by atoms with Crippen molar-refractivity contribution in [2.75, 3.05) is 0 Å². The Morgan fingerprint density at radius 2 is 2.05 bits per heavy atom. The first-order chi connectivity index (χ1) is 10.7. The topological polar surface area (TPSA) is 64.7 Å². The first-order valence-electron chi connectivity index (χ1n) is 7.09. The molecule has 0 unspecified atom stereocenters. The van der Waals surface area contributed by atoms with Crippen LogP contribution in [0.3, 0.4) is 0 Å². The molecule has 6 heteroatoms. The van der Waals surface area contributed by atoms with E-state index in [0.29, 0.717) is 12.1 Å². The van der Waals surface area contributed by atoms with Crippen molar-refractivity contribution in [1.82, 2.24) is 24.6 Å². The van der Waals surface area contributed by atoms with Gasteiger partial charge >= 0.3 is 0 Å². The summed E-state index contributed by atoms with van der Waals surface area (Å²) in [6.45, 7) is 2.66. The van der Waals surface area contributed by atoms with E-state index in [2.05, 4.69) is 15.4 Å². The third kappa shape index (κ3) is 3.22. The van der Waals surface area contributed by atoms with E-state index in [-0.39, 0.29) is 11.9 Å². The van der Waals surface area contributed by atoms with Gasteiger partial charge in [-0.2, -0.15) is 5.10 Å². The largest absolute Gasteiger partial charge is 0.348 e. The molecule has 3 rings (SSSR count). The normalized spacial score (nSPS) is 12.0. The zero-order valence-electron chi connectivity index (χ0n) is 12.3. The van der Waals surface area contributed by atoms with Crippen LogP contribution in [-0.4, -0.2) is 31.3 Å². The fourth-order valence-electron chi connectivity index (χ4n) is 2.25. The van der Waals surface area contributed by atoms with E-state index in [4.69, 9.17) is 0 Å². The number of rotatable bonds is 5. The number of carbonyl (C=O) groups is 1. The summed E-state index contributed by atoms with van der Waals surface area (Å²) in [7, 11) is 0. The van der Waals surface area contributed by atoms with E-state index >= 15 is 0 Å². The molecule has 0 spiro atoms. The van der Waals surface area contributed by atoms with Crippen molar-refractivity contribution < 1.29 is 4.79 Å². The van der Waals surface area contributed by atoms with E-state index in [9.17, 15) is 4.79 Å². The number of hydrogen-bond donors (Lipinski definition) is 1. The summed E-state index contributed by atoms with van der Waals surface area (Å²) in [5, 5.41) is 7.14. The van der Waals surface area contributed by atoms with Gasteiger partial charge in [0, 0.05) is 42.9 Å². The van der Waals surface area contributed by atoms with Crippen LogP contribution in [-0.2, 0) is 6.54 Å². The third-order valence-electron chi connectivity index (χ3n) is 3.32. The van der Waals surface area contributed by atoms with Gasteiger partial charge < -0.3 is 9.88 Å². The molecule has 2 heterocycles. The van der Waals surface area contributed by atoms with Crippen LogP contribution in [0.4, 0.5) is 0 Å². The first-order valence-corrected chi connectivity index (χ1v) is 7.09. The predicted octanol–water partition coefficient (Wildman–Crippen LogP) is 1.89. The van der Waals surface area contributed by atoms with E-state index in [0.717, 1.165) is 5.69 Å². The summed E-state index contributed by atoms with van der Waals surface area (Å²) < 4.78 is 3.69. The maximum atomic E-state index is 12.2. The lowest BCUT2D eigenvalue weighted by atomic mass is 10.2. The second-order valence-electron chi connectivity index (χ2n) is 5.13. The highest BCUT2D eigenvalue weighted by molar-refractivity contribution is 5.94. The molecule has 0 aliphatic carbocycles. The molecule has 0 saturated carbocycles. The molecule has 2 aromatic heterocycles. The van der Waals surface area contributed by atoms with Gasteiger partial charge in [0.25, 0.3) is 5.91 Å². The Balaban J connectivity index is 1.62. The smallest absolute Gasteiger partial charge is 0.251 e. The fraction of sp³-hybridized carbons (Fsp3) is 0.188. The van der Waals surface area contributed by atoms with Crippen LogP contribution < -0.4 is 5.32 Å². The number of hydrogen-bond acceptors (Lipinski definition) is 3. The highest BCUT2D eigenvalue weighted by Gasteiger charge is 2.10. The minimum absolute atomic E-state index is 0.0208. The number of nitrogens with zero attached hydrogens (tertiary/aromatic N) is 4. The molecule has 0 aliphatic heterocycles. The van der Waals surface area contributed by atoms with Gasteiger partial charge in [0.1, 0.15) is 0 Å². The summed E-state index contributed by atoms with van der Waals surface area (Å²) in [5.74, 6) is -0.0837. The number of benzene rings is 1. The molecule has 1 aromatic carbocycles. The number of aromatic nitrogens is 4. The van der Waals surface area contributed by atoms with Crippen LogP contribution >= 0.6 is 0 Å². The molecule has 0 aliphatic rings. The zero-order chi connectivity index (χ0) is 15.4. The second kappa shape index (κ2) is 6.26. The fourth-order valence-corrected chi connectivity index (χ4v) is 2.25. The Morgan fingerprint density at radius 1 is 1.23 bits per heavy atom. The van der Waals surface area contributed by atoms with Crippen LogP contribution in [0, 0.1) is 0 Å². The molecular weight excluding hydrogens is 278 g/mol. The number of carbonyl (C=O) groups excluding carboxylic acids is 1. The maximum absolute atomic E-state index is 12.2. The van der Waals surface area contributed by atoms with Crippen molar-refractivity contribution >= 4 is 5.91 Å². The van der Waals surface area contributed by atoms with Gasteiger partial charge in [0.15, 0.2) is 0 Å². The number of nitrogens with one attached hydrogen (secondary N) is 1. The molecule has 22 heavy (non-hydrogen) atoms. The summed E-state index contributed by atoms with van der Waals surface area (Å²) in [6, 6.07) is 9.24. The Labute approximate surface area is 128 Å². The summed E-state index contributed by atoms with van der Waals surface area (Å²) >= 11 is 0. The first kappa shape index (κ1) is 14.1. The molecule has 0 saturated heterocycles. The average Bonchev–Trinajstić information content (AvgIpc) is 3.20. The molecule has 0 radical (unpaired) electrons. The Morgan fingerprint density at radius 3 is 2.68 bits per heavy atom. The highest BCUT2D eigenvalue weighted by atomic mass is 16.1. The van der Waals surface area contributed by atoms with E-state index in [1.54, 1.807) is 35.5 Å². The lowest BCUT2D eigenvalue weighted by Gasteiger charge is -2.14. The van der Waals surface area contributed by atoms with E-state index in [1.165, 1.54) is 0 Å². The molecule has 3 aromatic rings. The zero-order valence-corrected chi connectivity index (χ0v) is 12.3. The van der Waals surface area contributed by atoms with Crippen LogP contribution in [0.25, 0.3) is 5.69 Å². The van der Waals surface area contributed by atoms with Crippen molar-refractivity contribution in [1.29, 1.82) is 0 Å². The van der Waals surface area contributed by atoms with Gasteiger partial charge in [0.2, 0.25) is 0 Å². The minimum atomic E-state index is -0.0837. The van der Waals surface area contributed by atoms with Gasteiger partial charge in [-0.3, -0.25) is 4.79 Å². The summed E-state index contributed by atoms with van der Waals surface area (Å²) in [5.41, 5.74) is 1.56. The van der Waals surface area contributed by atoms with Crippen LogP contribution in [0.15, 0.2) is 61.4 Å². The molecule has 1 N–H and O–H groups in total. The van der Waals surface area contributed by atoms with E-state index in [1.807, 2.05) is 42.1 Å². The predicted molar refractivity (Wildman–Crippen MR) is 82.7 cm³/mol. The number of imidazole rings is 1. The lowest BCUT2D eigenvalue weighted by Crippen LogP contribution is -2.35. The van der Waals surface area contributed by atoms with Gasteiger partial charge in [-0.25, -0.2) is 9.67 Å². The Bertz CT molecular complexity index is 717. The van der Waals surface area contributed by atoms with Crippen molar-refractivity contribution in [3.63, 3.8) is 0 Å². The van der Waals surface area contributed by atoms with Crippen molar-refractivity contribution in [2.45, 2.75) is 19.5 Å². The average molecular weight is 295 g/mol. The minimum Gasteiger partial charge on any atom is -0.348 e. The second-order valence-corrected chi connectivity index (χ2v) is 5.13. The van der Waals surface area contributed by atoms with E-state index < -0.39 is 0 Å². The molecular formula is C16H17N5O. The maximum Gasteiger partial charge on any atom is 0.251 e. The summed E-state index contributed by atoms with van der Waals surface area (Å²) in [4.78, 5) is 16.2. The molecule has 1 atom stereocenters. The van der Waals surface area contributed by atoms with Gasteiger partial charge in [-0.05, 0) is 37.3 Å². The lowest BCUT2D eigenvalue weighted by molar-refractivity contribution is 0.0936. The van der Waals surface area contributed by atoms with Crippen molar-refractivity contribution in [3.05, 3.63) is 67.0 Å². The number of amides is 1. The molecule has 112 valence electrons. The van der Waals surface area contributed by atoms with Gasteiger partial charge in [0.05, 0.1) is 12.0 Å². The quantitative estimate of drug-likeness (QED) is 0.781. The highest BCUT2D eigenvalue weighted by Crippen LogP contribution is 2.09. The van der Waals surface area contributed by atoms with Crippen LogP contribution in [0.1, 0.15) is 17.3 Å².